The summed E-state index contributed by atoms with van der Waals surface area (Å²) < 4.78 is 0. The molecule has 17 heavy (non-hydrogen) atoms. The van der Waals surface area contributed by atoms with Crippen molar-refractivity contribution in [1.29, 1.82) is 0 Å². The lowest BCUT2D eigenvalue weighted by atomic mass is 10.2. The van der Waals surface area contributed by atoms with Crippen molar-refractivity contribution >= 4 is 41.3 Å². The standard InChI is InChI=1S/C11H20N4S.HI/c1-7(2)5-13-11(12)14-6-10-8(3)16-9(4)15-10;/h7H,5-6H2,1-4H3,(H3,12,13,14);1H. The Morgan fingerprint density at radius 1 is 1.47 bits per heavy atom. The van der Waals surface area contributed by atoms with Gasteiger partial charge in [-0.3, -0.25) is 0 Å². The zero-order chi connectivity index (χ0) is 12.1. The van der Waals surface area contributed by atoms with E-state index in [0.717, 1.165) is 17.2 Å². The molecule has 0 aliphatic carbocycles. The molecule has 0 radical (unpaired) electrons. The smallest absolute Gasteiger partial charge is 0.188 e. The molecule has 1 heterocycles. The maximum Gasteiger partial charge on any atom is 0.188 e. The van der Waals surface area contributed by atoms with Crippen LogP contribution in [0.1, 0.15) is 29.4 Å². The molecule has 0 aliphatic heterocycles. The monoisotopic (exact) mass is 368 g/mol. The summed E-state index contributed by atoms with van der Waals surface area (Å²) in [5.74, 6) is 1.07. The molecule has 0 spiro atoms. The number of guanidine groups is 1. The molecule has 98 valence electrons. The second-order valence-electron chi connectivity index (χ2n) is 4.21. The van der Waals surface area contributed by atoms with Crippen molar-refractivity contribution in [2.45, 2.75) is 34.2 Å². The van der Waals surface area contributed by atoms with E-state index in [0.29, 0.717) is 18.4 Å². The van der Waals surface area contributed by atoms with Crippen LogP contribution in [0.5, 0.6) is 0 Å². The molecule has 0 unspecified atom stereocenters. The van der Waals surface area contributed by atoms with Crippen molar-refractivity contribution in [3.05, 3.63) is 15.6 Å². The number of halogens is 1. The van der Waals surface area contributed by atoms with Crippen molar-refractivity contribution in [2.75, 3.05) is 6.54 Å². The van der Waals surface area contributed by atoms with Crippen molar-refractivity contribution in [3.8, 4) is 0 Å². The van der Waals surface area contributed by atoms with E-state index in [1.165, 1.54) is 4.88 Å². The molecule has 1 rings (SSSR count). The van der Waals surface area contributed by atoms with Gasteiger partial charge in [-0.2, -0.15) is 0 Å². The van der Waals surface area contributed by atoms with Crippen LogP contribution in [0, 0.1) is 19.8 Å². The van der Waals surface area contributed by atoms with Crippen LogP contribution in [-0.2, 0) is 6.54 Å². The summed E-state index contributed by atoms with van der Waals surface area (Å²) in [5, 5.41) is 4.16. The molecule has 1 aromatic heterocycles. The van der Waals surface area contributed by atoms with E-state index >= 15 is 0 Å². The molecule has 0 fully saturated rings. The van der Waals surface area contributed by atoms with Gasteiger partial charge in [0.15, 0.2) is 5.96 Å². The van der Waals surface area contributed by atoms with Crippen molar-refractivity contribution in [2.24, 2.45) is 16.6 Å². The third-order valence-corrected chi connectivity index (χ3v) is 3.02. The number of rotatable bonds is 4. The molecule has 3 N–H and O–H groups in total. The van der Waals surface area contributed by atoms with Crippen molar-refractivity contribution in [1.82, 2.24) is 10.3 Å². The van der Waals surface area contributed by atoms with E-state index in [-0.39, 0.29) is 24.0 Å². The number of thiazole rings is 1. The Balaban J connectivity index is 0.00000256. The second kappa shape index (κ2) is 7.86. The lowest BCUT2D eigenvalue weighted by Crippen LogP contribution is -2.34. The van der Waals surface area contributed by atoms with Gasteiger partial charge < -0.3 is 11.1 Å². The topological polar surface area (TPSA) is 63.3 Å². The molecular weight excluding hydrogens is 347 g/mol. The Morgan fingerprint density at radius 2 is 2.12 bits per heavy atom. The van der Waals surface area contributed by atoms with E-state index in [4.69, 9.17) is 5.73 Å². The predicted octanol–water partition coefficient (Wildman–Crippen LogP) is 2.44. The number of hydrogen-bond donors (Lipinski definition) is 2. The average molecular weight is 368 g/mol. The molecular formula is C11H21IN4S. The average Bonchev–Trinajstić information content (AvgIpc) is 2.51. The minimum atomic E-state index is 0. The molecule has 0 aliphatic rings. The molecule has 0 saturated heterocycles. The fourth-order valence-corrected chi connectivity index (χ4v) is 2.07. The van der Waals surface area contributed by atoms with Gasteiger partial charge in [-0.25, -0.2) is 9.98 Å². The van der Waals surface area contributed by atoms with Gasteiger partial charge in [0.05, 0.1) is 17.2 Å². The Hall–Kier alpha value is -0.370. The first-order valence-corrected chi connectivity index (χ1v) is 6.27. The predicted molar refractivity (Wildman–Crippen MR) is 85.2 cm³/mol. The first-order chi connectivity index (χ1) is 7.49. The van der Waals surface area contributed by atoms with Crippen LogP contribution in [0.2, 0.25) is 0 Å². The fourth-order valence-electron chi connectivity index (χ4n) is 1.24. The van der Waals surface area contributed by atoms with Gasteiger partial charge in [0.1, 0.15) is 0 Å². The van der Waals surface area contributed by atoms with Gasteiger partial charge in [0.25, 0.3) is 0 Å². The largest absolute Gasteiger partial charge is 0.370 e. The number of nitrogens with one attached hydrogen (secondary N) is 1. The quantitative estimate of drug-likeness (QED) is 0.488. The molecule has 4 nitrogen and oxygen atoms in total. The molecule has 0 saturated carbocycles. The zero-order valence-corrected chi connectivity index (χ0v) is 13.9. The van der Waals surface area contributed by atoms with E-state index in [1.807, 2.05) is 6.92 Å². The molecule has 6 heteroatoms. The van der Waals surface area contributed by atoms with Crippen LogP contribution < -0.4 is 11.1 Å². The van der Waals surface area contributed by atoms with E-state index in [9.17, 15) is 0 Å². The number of aryl methyl sites for hydroxylation is 2. The highest BCUT2D eigenvalue weighted by Gasteiger charge is 2.03. The van der Waals surface area contributed by atoms with Gasteiger partial charge in [0, 0.05) is 11.4 Å². The van der Waals surface area contributed by atoms with Crippen molar-refractivity contribution < 1.29 is 0 Å². The van der Waals surface area contributed by atoms with Crippen LogP contribution >= 0.6 is 35.3 Å². The Bertz CT molecular complexity index is 374. The summed E-state index contributed by atoms with van der Waals surface area (Å²) in [4.78, 5) is 9.89. The van der Waals surface area contributed by atoms with E-state index in [2.05, 4.69) is 36.1 Å². The lowest BCUT2D eigenvalue weighted by molar-refractivity contribution is 0.621. The van der Waals surface area contributed by atoms with E-state index < -0.39 is 0 Å². The minimum Gasteiger partial charge on any atom is -0.370 e. The number of nitrogens with two attached hydrogens (primary N) is 1. The molecule has 0 aromatic carbocycles. The van der Waals surface area contributed by atoms with Gasteiger partial charge in [0.2, 0.25) is 0 Å². The van der Waals surface area contributed by atoms with Crippen molar-refractivity contribution in [3.63, 3.8) is 0 Å². The van der Waals surface area contributed by atoms with Gasteiger partial charge >= 0.3 is 0 Å². The third kappa shape index (κ3) is 6.21. The summed E-state index contributed by atoms with van der Waals surface area (Å²) in [6, 6.07) is 0. The normalized spacial score (nSPS) is 11.5. The summed E-state index contributed by atoms with van der Waals surface area (Å²) in [7, 11) is 0. The van der Waals surface area contributed by atoms with Crippen LogP contribution in [0.3, 0.4) is 0 Å². The summed E-state index contributed by atoms with van der Waals surface area (Å²) >= 11 is 1.70. The van der Waals surface area contributed by atoms with Crippen LogP contribution in [0.25, 0.3) is 0 Å². The second-order valence-corrected chi connectivity index (χ2v) is 5.62. The molecule has 0 atom stereocenters. The summed E-state index contributed by atoms with van der Waals surface area (Å²) in [6.45, 7) is 9.75. The number of aromatic nitrogens is 1. The van der Waals surface area contributed by atoms with Crippen LogP contribution in [-0.4, -0.2) is 17.5 Å². The fraction of sp³-hybridized carbons (Fsp3) is 0.636. The summed E-state index contributed by atoms with van der Waals surface area (Å²) in [5.41, 5.74) is 6.77. The lowest BCUT2D eigenvalue weighted by Gasteiger charge is -2.07. The third-order valence-electron chi connectivity index (χ3n) is 2.09. The van der Waals surface area contributed by atoms with Gasteiger partial charge in [-0.15, -0.1) is 35.3 Å². The highest BCUT2D eigenvalue weighted by molar-refractivity contribution is 14.0. The first kappa shape index (κ1) is 16.6. The summed E-state index contributed by atoms with van der Waals surface area (Å²) in [6.07, 6.45) is 0. The maximum atomic E-state index is 5.74. The van der Waals surface area contributed by atoms with Crippen LogP contribution in [0.15, 0.2) is 4.99 Å². The SMILES string of the molecule is Cc1nc(CN=C(N)NCC(C)C)c(C)s1.I. The molecule has 1 aromatic rings. The number of nitrogens with zero attached hydrogens (tertiary/aromatic N) is 2. The highest BCUT2D eigenvalue weighted by atomic mass is 127. The molecule has 0 amide bonds. The highest BCUT2D eigenvalue weighted by Crippen LogP contribution is 2.16. The van der Waals surface area contributed by atoms with Crippen LogP contribution in [0.4, 0.5) is 0 Å². The first-order valence-electron chi connectivity index (χ1n) is 5.45. The maximum absolute atomic E-state index is 5.74. The van der Waals surface area contributed by atoms with Gasteiger partial charge in [-0.1, -0.05) is 13.8 Å². The number of hydrogen-bond acceptors (Lipinski definition) is 3. The van der Waals surface area contributed by atoms with Gasteiger partial charge in [-0.05, 0) is 19.8 Å². The zero-order valence-electron chi connectivity index (χ0n) is 10.8. The Morgan fingerprint density at radius 3 is 2.59 bits per heavy atom. The minimum absolute atomic E-state index is 0. The number of aliphatic imine (C=N–C) groups is 1. The Labute approximate surface area is 124 Å². The van der Waals surface area contributed by atoms with E-state index in [1.54, 1.807) is 11.3 Å². The molecule has 0 bridgehead atoms. The Kier molecular flexibility index (Phi) is 7.69.